The van der Waals surface area contributed by atoms with Crippen molar-refractivity contribution >= 4 is 11.8 Å². The Morgan fingerprint density at radius 3 is 2.41 bits per heavy atom. The Bertz CT molecular complexity index is 851. The predicted molar refractivity (Wildman–Crippen MR) is 109 cm³/mol. The molecule has 4 rings (SSSR count). The number of hydrogen-bond donors (Lipinski definition) is 2. The molecule has 4 aliphatic carbocycles. The van der Waals surface area contributed by atoms with E-state index < -0.39 is 22.7 Å². The van der Waals surface area contributed by atoms with Crippen molar-refractivity contribution in [2.45, 2.75) is 78.1 Å². The van der Waals surface area contributed by atoms with Crippen LogP contribution in [0.25, 0.3) is 0 Å². The van der Waals surface area contributed by atoms with Crippen molar-refractivity contribution in [2.24, 2.45) is 35.0 Å². The topological polar surface area (TPSA) is 83.8 Å². The van der Waals surface area contributed by atoms with Gasteiger partial charge in [-0.1, -0.05) is 52.3 Å². The van der Waals surface area contributed by atoms with E-state index >= 15 is 0 Å². The molecule has 0 amide bonds. The van der Waals surface area contributed by atoms with E-state index in [1.165, 1.54) is 0 Å². The first-order valence-corrected chi connectivity index (χ1v) is 10.8. The zero-order valence-corrected chi connectivity index (χ0v) is 18.6. The van der Waals surface area contributed by atoms with Crippen LogP contribution in [0.3, 0.4) is 0 Å². The van der Waals surface area contributed by atoms with Crippen LogP contribution in [0.4, 0.5) is 0 Å². The molecule has 2 fully saturated rings. The van der Waals surface area contributed by atoms with E-state index in [1.807, 2.05) is 33.8 Å². The fourth-order valence-corrected chi connectivity index (χ4v) is 6.92. The molecular weight excluding hydrogens is 368 g/mol. The number of ether oxygens (including phenoxy) is 1. The van der Waals surface area contributed by atoms with Gasteiger partial charge in [-0.15, -0.1) is 0 Å². The summed E-state index contributed by atoms with van der Waals surface area (Å²) in [6.45, 7) is 13.5. The van der Waals surface area contributed by atoms with Crippen molar-refractivity contribution in [1.82, 2.24) is 0 Å². The summed E-state index contributed by atoms with van der Waals surface area (Å²) < 4.78 is 6.12. The lowest BCUT2D eigenvalue weighted by Crippen LogP contribution is -2.61. The summed E-state index contributed by atoms with van der Waals surface area (Å²) in [5.74, 6) is -1.97. The van der Waals surface area contributed by atoms with Gasteiger partial charge in [-0.05, 0) is 31.8 Å². The molecular formula is C24H34O5. The molecule has 2 saturated carbocycles. The van der Waals surface area contributed by atoms with E-state index in [2.05, 4.69) is 13.8 Å². The Kier molecular flexibility index (Phi) is 4.17. The van der Waals surface area contributed by atoms with E-state index in [0.717, 1.165) is 5.57 Å². The van der Waals surface area contributed by atoms with Crippen LogP contribution >= 0.6 is 0 Å². The van der Waals surface area contributed by atoms with Crippen LogP contribution < -0.4 is 0 Å². The number of carbonyl (C=O) groups excluding carboxylic acids is 2. The summed E-state index contributed by atoms with van der Waals surface area (Å²) in [5, 5.41) is 23.6. The first-order valence-electron chi connectivity index (χ1n) is 10.8. The Hall–Kier alpha value is -1.46. The number of rotatable bonds is 2. The number of aliphatic hydroxyl groups is 2. The number of hydrogen-bond acceptors (Lipinski definition) is 5. The minimum Gasteiger partial charge on any atom is -0.458 e. The molecule has 5 nitrogen and oxygen atoms in total. The van der Waals surface area contributed by atoms with Gasteiger partial charge >= 0.3 is 5.97 Å². The van der Waals surface area contributed by atoms with Crippen LogP contribution in [0.15, 0.2) is 23.3 Å². The SMILES string of the molecule is CC1=C[C@H]2[C@@H]3C(C)(C)[C@]3(OC(=O)C(C)C)C[C@@H](C)[C@]2(O)[C@@H]2C=C(C)C(=O)[C@@]2(O)C1. The van der Waals surface area contributed by atoms with Gasteiger partial charge < -0.3 is 14.9 Å². The Balaban J connectivity index is 1.84. The van der Waals surface area contributed by atoms with Crippen molar-refractivity contribution in [3.8, 4) is 0 Å². The average Bonchev–Trinajstić information content (AvgIpc) is 3.00. The standard InChI is InChI=1S/C24H34O5/c1-12(2)20(26)29-23-11-15(5)24(28)16(18(23)21(23,6)7)8-13(3)10-22(27)17(24)9-14(4)19(22)25/h8-9,12,15-18,27-28H,10-11H2,1-7H3/t15-,16+,17-,18-,22-,23+,24-/m1/s1. The van der Waals surface area contributed by atoms with E-state index in [9.17, 15) is 19.8 Å². The van der Waals surface area contributed by atoms with Gasteiger partial charge in [-0.3, -0.25) is 9.59 Å². The van der Waals surface area contributed by atoms with E-state index in [1.54, 1.807) is 13.0 Å². The smallest absolute Gasteiger partial charge is 0.308 e. The quantitative estimate of drug-likeness (QED) is 0.547. The zero-order chi connectivity index (χ0) is 21.7. The average molecular weight is 403 g/mol. The number of ketones is 1. The summed E-state index contributed by atoms with van der Waals surface area (Å²) in [7, 11) is 0. The predicted octanol–water partition coefficient (Wildman–Crippen LogP) is 3.19. The highest BCUT2D eigenvalue weighted by atomic mass is 16.6. The van der Waals surface area contributed by atoms with Gasteiger partial charge in [0.2, 0.25) is 0 Å². The van der Waals surface area contributed by atoms with Crippen molar-refractivity contribution < 1.29 is 24.5 Å². The molecule has 160 valence electrons. The summed E-state index contributed by atoms with van der Waals surface area (Å²) in [6, 6.07) is 0. The summed E-state index contributed by atoms with van der Waals surface area (Å²) in [4.78, 5) is 25.4. The van der Waals surface area contributed by atoms with E-state index in [0.29, 0.717) is 12.0 Å². The van der Waals surface area contributed by atoms with Crippen LogP contribution in [0.1, 0.15) is 61.3 Å². The van der Waals surface area contributed by atoms with Crippen LogP contribution in [-0.2, 0) is 14.3 Å². The largest absolute Gasteiger partial charge is 0.458 e. The molecule has 4 aliphatic rings. The Morgan fingerprint density at radius 2 is 1.83 bits per heavy atom. The van der Waals surface area contributed by atoms with Crippen LogP contribution in [0.5, 0.6) is 0 Å². The second-order valence-corrected chi connectivity index (χ2v) is 11.0. The minimum atomic E-state index is -1.60. The fraction of sp³-hybridized carbons (Fsp3) is 0.750. The normalized spacial score (nSPS) is 47.4. The van der Waals surface area contributed by atoms with Gasteiger partial charge in [0.25, 0.3) is 0 Å². The minimum absolute atomic E-state index is 0.0550. The second kappa shape index (κ2) is 5.82. The van der Waals surface area contributed by atoms with Gasteiger partial charge in [0.1, 0.15) is 11.2 Å². The summed E-state index contributed by atoms with van der Waals surface area (Å²) in [5.41, 5.74) is -2.37. The van der Waals surface area contributed by atoms with Crippen LogP contribution in [-0.4, -0.2) is 38.8 Å². The lowest BCUT2D eigenvalue weighted by Gasteiger charge is -2.50. The van der Waals surface area contributed by atoms with Crippen molar-refractivity contribution in [2.75, 3.05) is 0 Å². The lowest BCUT2D eigenvalue weighted by molar-refractivity contribution is -0.188. The molecule has 0 aromatic rings. The molecule has 0 aromatic carbocycles. The maximum atomic E-state index is 12.9. The molecule has 0 aromatic heterocycles. The highest BCUT2D eigenvalue weighted by Gasteiger charge is 2.83. The number of Topliss-reactive ketones (excluding diaryl/α,β-unsaturated/α-hetero) is 1. The maximum absolute atomic E-state index is 12.9. The molecule has 0 bridgehead atoms. The van der Waals surface area contributed by atoms with Crippen molar-refractivity contribution in [1.29, 1.82) is 0 Å². The third-order valence-corrected chi connectivity index (χ3v) is 8.53. The van der Waals surface area contributed by atoms with Gasteiger partial charge in [-0.2, -0.15) is 0 Å². The number of fused-ring (bicyclic) bond motifs is 5. The molecule has 0 spiro atoms. The first-order chi connectivity index (χ1) is 13.2. The Labute approximate surface area is 173 Å². The molecule has 2 N–H and O–H groups in total. The van der Waals surface area contributed by atoms with E-state index in [-0.39, 0.29) is 47.3 Å². The molecule has 0 unspecified atom stereocenters. The highest BCUT2D eigenvalue weighted by Crippen LogP contribution is 2.76. The third kappa shape index (κ3) is 2.35. The van der Waals surface area contributed by atoms with Gasteiger partial charge in [0.15, 0.2) is 5.78 Å². The summed E-state index contributed by atoms with van der Waals surface area (Å²) >= 11 is 0. The van der Waals surface area contributed by atoms with Gasteiger partial charge in [-0.25, -0.2) is 0 Å². The molecule has 7 atom stereocenters. The maximum Gasteiger partial charge on any atom is 0.308 e. The van der Waals surface area contributed by atoms with Crippen molar-refractivity contribution in [3.63, 3.8) is 0 Å². The van der Waals surface area contributed by atoms with Crippen molar-refractivity contribution in [3.05, 3.63) is 23.3 Å². The fourth-order valence-electron chi connectivity index (χ4n) is 6.92. The first kappa shape index (κ1) is 20.8. The molecule has 0 heterocycles. The monoisotopic (exact) mass is 402 g/mol. The van der Waals surface area contributed by atoms with Gasteiger partial charge in [0, 0.05) is 29.6 Å². The van der Waals surface area contributed by atoms with E-state index in [4.69, 9.17) is 4.74 Å². The Morgan fingerprint density at radius 1 is 1.21 bits per heavy atom. The van der Waals surface area contributed by atoms with Gasteiger partial charge in [0.05, 0.1) is 11.5 Å². The number of esters is 1. The zero-order valence-electron chi connectivity index (χ0n) is 18.6. The number of carbonyl (C=O) groups is 2. The molecule has 0 saturated heterocycles. The molecule has 5 heteroatoms. The highest BCUT2D eigenvalue weighted by molar-refractivity contribution is 6.04. The third-order valence-electron chi connectivity index (χ3n) is 8.53. The molecule has 0 radical (unpaired) electrons. The van der Waals surface area contributed by atoms with Crippen LogP contribution in [0, 0.1) is 35.0 Å². The molecule has 0 aliphatic heterocycles. The second-order valence-electron chi connectivity index (χ2n) is 11.0. The summed E-state index contributed by atoms with van der Waals surface area (Å²) in [6.07, 6.45) is 4.57. The lowest BCUT2D eigenvalue weighted by atomic mass is 9.60. The van der Waals surface area contributed by atoms with Crippen LogP contribution in [0.2, 0.25) is 0 Å². The molecule has 29 heavy (non-hydrogen) atoms.